The van der Waals surface area contributed by atoms with Crippen molar-refractivity contribution in [1.29, 1.82) is 0 Å². The fourth-order valence-electron chi connectivity index (χ4n) is 2.34. The molecule has 0 saturated carbocycles. The average Bonchev–Trinajstić information content (AvgIpc) is 2.53. The standard InChI is InChI=1S/C13H13NO/c1-2-7-13(14)11(9-15)8-10-5-3-4-6-12(10)13/h1,3-6,9,11H,7-8,14H2. The molecule has 2 heteroatoms. The van der Waals surface area contributed by atoms with Crippen LogP contribution in [-0.4, -0.2) is 6.29 Å². The van der Waals surface area contributed by atoms with E-state index in [1.165, 1.54) is 0 Å². The Hall–Kier alpha value is -1.59. The first kappa shape index (κ1) is 9.95. The van der Waals surface area contributed by atoms with E-state index in [0.29, 0.717) is 12.8 Å². The van der Waals surface area contributed by atoms with E-state index in [1.54, 1.807) is 0 Å². The van der Waals surface area contributed by atoms with Crippen molar-refractivity contribution in [2.45, 2.75) is 18.4 Å². The molecule has 0 saturated heterocycles. The van der Waals surface area contributed by atoms with Gasteiger partial charge in [0.1, 0.15) is 6.29 Å². The van der Waals surface area contributed by atoms with Crippen molar-refractivity contribution in [2.24, 2.45) is 11.7 Å². The highest BCUT2D eigenvalue weighted by molar-refractivity contribution is 5.62. The summed E-state index contributed by atoms with van der Waals surface area (Å²) < 4.78 is 0. The highest BCUT2D eigenvalue weighted by atomic mass is 16.1. The number of aldehydes is 1. The van der Waals surface area contributed by atoms with Gasteiger partial charge in [-0.2, -0.15) is 0 Å². The number of hydrogen-bond donors (Lipinski definition) is 1. The Labute approximate surface area is 89.5 Å². The van der Waals surface area contributed by atoms with Crippen LogP contribution < -0.4 is 5.73 Å². The second-order valence-electron chi connectivity index (χ2n) is 4.03. The summed E-state index contributed by atoms with van der Waals surface area (Å²) in [6.07, 6.45) is 7.37. The van der Waals surface area contributed by atoms with Crippen LogP contribution in [-0.2, 0) is 16.8 Å². The number of nitrogens with two attached hydrogens (primary N) is 1. The number of fused-ring (bicyclic) bond motifs is 1. The lowest BCUT2D eigenvalue weighted by atomic mass is 9.83. The van der Waals surface area contributed by atoms with Crippen LogP contribution in [0.5, 0.6) is 0 Å². The summed E-state index contributed by atoms with van der Waals surface area (Å²) in [7, 11) is 0. The summed E-state index contributed by atoms with van der Waals surface area (Å²) in [5, 5.41) is 0. The predicted octanol–water partition coefficient (Wildman–Crippen LogP) is 1.24. The first-order valence-corrected chi connectivity index (χ1v) is 4.98. The van der Waals surface area contributed by atoms with Crippen LogP contribution in [0.3, 0.4) is 0 Å². The van der Waals surface area contributed by atoms with Crippen molar-refractivity contribution in [1.82, 2.24) is 0 Å². The Morgan fingerprint density at radius 2 is 2.33 bits per heavy atom. The lowest BCUT2D eigenvalue weighted by Crippen LogP contribution is -2.41. The van der Waals surface area contributed by atoms with Gasteiger partial charge in [0.05, 0.1) is 5.54 Å². The molecule has 2 nitrogen and oxygen atoms in total. The third-order valence-corrected chi connectivity index (χ3v) is 3.18. The maximum absolute atomic E-state index is 11.0. The molecule has 1 aliphatic rings. The first-order chi connectivity index (χ1) is 7.22. The lowest BCUT2D eigenvalue weighted by Gasteiger charge is -2.27. The Kier molecular flexibility index (Phi) is 2.34. The van der Waals surface area contributed by atoms with Gasteiger partial charge in [-0.3, -0.25) is 0 Å². The quantitative estimate of drug-likeness (QED) is 0.575. The second-order valence-corrected chi connectivity index (χ2v) is 4.03. The van der Waals surface area contributed by atoms with Crippen molar-refractivity contribution < 1.29 is 4.79 Å². The zero-order valence-electron chi connectivity index (χ0n) is 8.44. The maximum Gasteiger partial charge on any atom is 0.125 e. The van der Waals surface area contributed by atoms with Crippen molar-refractivity contribution in [2.75, 3.05) is 0 Å². The molecule has 15 heavy (non-hydrogen) atoms. The first-order valence-electron chi connectivity index (χ1n) is 4.98. The highest BCUT2D eigenvalue weighted by Gasteiger charge is 2.42. The largest absolute Gasteiger partial charge is 0.320 e. The smallest absolute Gasteiger partial charge is 0.125 e. The third kappa shape index (κ3) is 1.36. The molecule has 2 unspecified atom stereocenters. The van der Waals surface area contributed by atoms with Crippen LogP contribution in [0.25, 0.3) is 0 Å². The average molecular weight is 199 g/mol. The van der Waals surface area contributed by atoms with Gasteiger partial charge in [-0.1, -0.05) is 24.3 Å². The molecule has 0 aliphatic heterocycles. The normalized spacial score (nSPS) is 28.1. The zero-order chi connectivity index (χ0) is 10.9. The summed E-state index contributed by atoms with van der Waals surface area (Å²) in [4.78, 5) is 11.0. The van der Waals surface area contributed by atoms with E-state index in [4.69, 9.17) is 12.2 Å². The molecule has 0 bridgehead atoms. The molecule has 2 atom stereocenters. The number of rotatable bonds is 2. The van der Waals surface area contributed by atoms with Crippen LogP contribution in [0.1, 0.15) is 17.5 Å². The van der Waals surface area contributed by atoms with E-state index in [-0.39, 0.29) is 5.92 Å². The molecule has 0 fully saturated rings. The van der Waals surface area contributed by atoms with E-state index in [2.05, 4.69) is 5.92 Å². The molecule has 1 aromatic carbocycles. The minimum atomic E-state index is -0.660. The van der Waals surface area contributed by atoms with E-state index in [0.717, 1.165) is 17.4 Å². The van der Waals surface area contributed by atoms with Gasteiger partial charge in [0, 0.05) is 12.3 Å². The van der Waals surface area contributed by atoms with Gasteiger partial charge in [0.25, 0.3) is 0 Å². The van der Waals surface area contributed by atoms with Gasteiger partial charge < -0.3 is 10.5 Å². The number of carbonyl (C=O) groups excluding carboxylic acids is 1. The van der Waals surface area contributed by atoms with Crippen LogP contribution in [0.2, 0.25) is 0 Å². The molecule has 0 aromatic heterocycles. The molecule has 2 rings (SSSR count). The van der Waals surface area contributed by atoms with Crippen molar-refractivity contribution in [3.63, 3.8) is 0 Å². The van der Waals surface area contributed by atoms with Gasteiger partial charge in [-0.05, 0) is 17.5 Å². The van der Waals surface area contributed by atoms with E-state index < -0.39 is 5.54 Å². The molecule has 0 amide bonds. The van der Waals surface area contributed by atoms with Gasteiger partial charge >= 0.3 is 0 Å². The SMILES string of the molecule is C#CCC1(N)c2ccccc2CC1C=O. The molecule has 0 heterocycles. The molecule has 1 aromatic rings. The summed E-state index contributed by atoms with van der Waals surface area (Å²) >= 11 is 0. The Morgan fingerprint density at radius 1 is 1.60 bits per heavy atom. The van der Waals surface area contributed by atoms with Crippen LogP contribution in [0.15, 0.2) is 24.3 Å². The molecule has 0 radical (unpaired) electrons. The second kappa shape index (κ2) is 3.52. The minimum Gasteiger partial charge on any atom is -0.320 e. The van der Waals surface area contributed by atoms with Crippen LogP contribution >= 0.6 is 0 Å². The van der Waals surface area contributed by atoms with Crippen molar-refractivity contribution >= 4 is 6.29 Å². The number of terminal acetylenes is 1. The van der Waals surface area contributed by atoms with Crippen LogP contribution in [0, 0.1) is 18.3 Å². The molecule has 1 aliphatic carbocycles. The van der Waals surface area contributed by atoms with E-state index in [9.17, 15) is 4.79 Å². The topological polar surface area (TPSA) is 43.1 Å². The summed E-state index contributed by atoms with van der Waals surface area (Å²) in [5.41, 5.74) is 7.78. The number of benzene rings is 1. The molecule has 0 spiro atoms. The number of carbonyl (C=O) groups is 1. The Balaban J connectivity index is 2.52. The maximum atomic E-state index is 11.0. The van der Waals surface area contributed by atoms with E-state index >= 15 is 0 Å². The van der Waals surface area contributed by atoms with Crippen molar-refractivity contribution in [3.8, 4) is 12.3 Å². The predicted molar refractivity (Wildman–Crippen MR) is 59.0 cm³/mol. The van der Waals surface area contributed by atoms with Gasteiger partial charge in [0.2, 0.25) is 0 Å². The van der Waals surface area contributed by atoms with Gasteiger partial charge in [-0.15, -0.1) is 12.3 Å². The summed E-state index contributed by atoms with van der Waals surface area (Å²) in [6.45, 7) is 0. The molecule has 76 valence electrons. The minimum absolute atomic E-state index is 0.189. The highest BCUT2D eigenvalue weighted by Crippen LogP contribution is 2.40. The van der Waals surface area contributed by atoms with Crippen LogP contribution in [0.4, 0.5) is 0 Å². The summed E-state index contributed by atoms with van der Waals surface area (Å²) in [5.74, 6) is 2.38. The fourth-order valence-corrected chi connectivity index (χ4v) is 2.34. The van der Waals surface area contributed by atoms with E-state index in [1.807, 2.05) is 24.3 Å². The Morgan fingerprint density at radius 3 is 3.00 bits per heavy atom. The number of hydrogen-bond acceptors (Lipinski definition) is 2. The monoisotopic (exact) mass is 199 g/mol. The van der Waals surface area contributed by atoms with Crippen molar-refractivity contribution in [3.05, 3.63) is 35.4 Å². The zero-order valence-corrected chi connectivity index (χ0v) is 8.44. The molecule has 2 N–H and O–H groups in total. The summed E-state index contributed by atoms with van der Waals surface area (Å²) in [6, 6.07) is 7.87. The van der Waals surface area contributed by atoms with Gasteiger partial charge in [-0.25, -0.2) is 0 Å². The molecular weight excluding hydrogens is 186 g/mol. The molecular formula is C13H13NO. The Bertz CT molecular complexity index is 432. The third-order valence-electron chi connectivity index (χ3n) is 3.18. The fraction of sp³-hybridized carbons (Fsp3) is 0.308. The van der Waals surface area contributed by atoms with Gasteiger partial charge in [0.15, 0.2) is 0 Å². The lowest BCUT2D eigenvalue weighted by molar-refractivity contribution is -0.112.